The molecule has 1 rings (SSSR count). The van der Waals surface area contributed by atoms with Gasteiger partial charge >= 0.3 is 0 Å². The summed E-state index contributed by atoms with van der Waals surface area (Å²) in [6.45, 7) is 8.12. The molecule has 0 amide bonds. The lowest BCUT2D eigenvalue weighted by Crippen LogP contribution is -2.38. The molecule has 0 heterocycles. The molecule has 1 N–H and O–H groups in total. The number of hydrogen-bond donors (Lipinski definition) is 1. The highest BCUT2D eigenvalue weighted by molar-refractivity contribution is 7.89. The van der Waals surface area contributed by atoms with E-state index in [1.54, 1.807) is 0 Å². The highest BCUT2D eigenvalue weighted by atomic mass is 35.5. The average molecular weight is 333 g/mol. The van der Waals surface area contributed by atoms with Crippen LogP contribution in [0.1, 0.15) is 38.8 Å². The lowest BCUT2D eigenvalue weighted by molar-refractivity contribution is 0.220. The molecule has 1 aromatic carbocycles. The molecule has 0 aromatic heterocycles. The first-order valence-corrected chi connectivity index (χ1v) is 9.43. The van der Waals surface area contributed by atoms with E-state index in [0.29, 0.717) is 18.0 Å². The molecule has 1 atom stereocenters. The van der Waals surface area contributed by atoms with Gasteiger partial charge in [-0.15, -0.1) is 0 Å². The molecule has 0 aliphatic heterocycles. The van der Waals surface area contributed by atoms with Crippen LogP contribution in [0.3, 0.4) is 0 Å². The first-order valence-electron chi connectivity index (χ1n) is 7.40. The molecule has 120 valence electrons. The summed E-state index contributed by atoms with van der Waals surface area (Å²) in [7, 11) is -3.20. The smallest absolute Gasteiger partial charge is 0.211 e. The molecule has 1 unspecified atom stereocenters. The maximum atomic E-state index is 11.9. The summed E-state index contributed by atoms with van der Waals surface area (Å²) in [5, 5.41) is 0.684. The average Bonchev–Trinajstić information content (AvgIpc) is 2.44. The number of rotatable bonds is 9. The van der Waals surface area contributed by atoms with Gasteiger partial charge in [-0.2, -0.15) is 0 Å². The van der Waals surface area contributed by atoms with Crippen LogP contribution in [0.2, 0.25) is 5.02 Å². The minimum atomic E-state index is -3.20. The van der Waals surface area contributed by atoms with E-state index in [0.717, 1.165) is 18.7 Å². The fraction of sp³-hybridized carbons (Fsp3) is 0.600. The Labute approximate surface area is 133 Å². The van der Waals surface area contributed by atoms with Crippen LogP contribution < -0.4 is 4.72 Å². The van der Waals surface area contributed by atoms with Crippen LogP contribution in [0.15, 0.2) is 24.3 Å². The van der Waals surface area contributed by atoms with Gasteiger partial charge in [0, 0.05) is 17.6 Å². The van der Waals surface area contributed by atoms with E-state index in [2.05, 4.69) is 23.5 Å². The first kappa shape index (κ1) is 18.4. The van der Waals surface area contributed by atoms with Gasteiger partial charge < -0.3 is 0 Å². The Morgan fingerprint density at radius 1 is 1.14 bits per heavy atom. The maximum absolute atomic E-state index is 11.9. The van der Waals surface area contributed by atoms with E-state index < -0.39 is 10.0 Å². The Morgan fingerprint density at radius 2 is 1.71 bits per heavy atom. The SMILES string of the molecule is CCCS(=O)(=O)NCC(c1ccc(Cl)cc1)N(CC)CC. The standard InChI is InChI=1S/C15H25ClN2O2S/c1-4-11-21(19,20)17-12-15(18(5-2)6-3)13-7-9-14(16)10-8-13/h7-10,15,17H,4-6,11-12H2,1-3H3. The third-order valence-corrected chi connectivity index (χ3v) is 5.28. The second-order valence-electron chi connectivity index (χ2n) is 4.96. The van der Waals surface area contributed by atoms with Crippen molar-refractivity contribution in [1.29, 1.82) is 0 Å². The number of nitrogens with zero attached hydrogens (tertiary/aromatic N) is 1. The Bertz CT molecular complexity index is 513. The van der Waals surface area contributed by atoms with Crippen LogP contribution in [-0.4, -0.2) is 38.7 Å². The molecule has 0 saturated carbocycles. The van der Waals surface area contributed by atoms with Crippen LogP contribution in [0.5, 0.6) is 0 Å². The molecule has 4 nitrogen and oxygen atoms in total. The van der Waals surface area contributed by atoms with Crippen molar-refractivity contribution in [3.8, 4) is 0 Å². The fourth-order valence-electron chi connectivity index (χ4n) is 2.35. The van der Waals surface area contributed by atoms with Crippen LogP contribution in [0.4, 0.5) is 0 Å². The molecule has 0 aliphatic rings. The van der Waals surface area contributed by atoms with Crippen molar-refractivity contribution in [1.82, 2.24) is 9.62 Å². The number of nitrogens with one attached hydrogen (secondary N) is 1. The lowest BCUT2D eigenvalue weighted by atomic mass is 10.1. The quantitative estimate of drug-likeness (QED) is 0.756. The summed E-state index contributed by atoms with van der Waals surface area (Å²) < 4.78 is 26.5. The topological polar surface area (TPSA) is 49.4 Å². The summed E-state index contributed by atoms with van der Waals surface area (Å²) in [4.78, 5) is 2.23. The summed E-state index contributed by atoms with van der Waals surface area (Å²) >= 11 is 5.93. The van der Waals surface area contributed by atoms with Crippen LogP contribution in [-0.2, 0) is 10.0 Å². The van der Waals surface area contributed by atoms with Gasteiger partial charge in [0.15, 0.2) is 0 Å². The van der Waals surface area contributed by atoms with Crippen LogP contribution >= 0.6 is 11.6 Å². The minimum absolute atomic E-state index is 0.0175. The van der Waals surface area contributed by atoms with E-state index in [4.69, 9.17) is 11.6 Å². The van der Waals surface area contributed by atoms with Crippen LogP contribution in [0.25, 0.3) is 0 Å². The molecule has 0 aliphatic carbocycles. The summed E-state index contributed by atoms with van der Waals surface area (Å²) in [6, 6.07) is 7.62. The van der Waals surface area contributed by atoms with Gasteiger partial charge in [-0.05, 0) is 37.2 Å². The number of hydrogen-bond acceptors (Lipinski definition) is 3. The van der Waals surface area contributed by atoms with Gasteiger partial charge in [-0.25, -0.2) is 13.1 Å². The van der Waals surface area contributed by atoms with Gasteiger partial charge in [-0.1, -0.05) is 44.5 Å². The van der Waals surface area contributed by atoms with Gasteiger partial charge in [-0.3, -0.25) is 4.90 Å². The molecular weight excluding hydrogens is 308 g/mol. The zero-order valence-corrected chi connectivity index (χ0v) is 14.5. The summed E-state index contributed by atoms with van der Waals surface area (Å²) in [6.07, 6.45) is 0.617. The molecule has 21 heavy (non-hydrogen) atoms. The van der Waals surface area contributed by atoms with Gasteiger partial charge in [0.1, 0.15) is 0 Å². The van der Waals surface area contributed by atoms with Gasteiger partial charge in [0.2, 0.25) is 10.0 Å². The van der Waals surface area contributed by atoms with Crippen LogP contribution in [0, 0.1) is 0 Å². The molecule has 0 bridgehead atoms. The normalized spacial score (nSPS) is 13.6. The van der Waals surface area contributed by atoms with Crippen molar-refractivity contribution in [3.63, 3.8) is 0 Å². The number of halogens is 1. The lowest BCUT2D eigenvalue weighted by Gasteiger charge is -2.30. The van der Waals surface area contributed by atoms with E-state index in [9.17, 15) is 8.42 Å². The number of likely N-dealkylation sites (N-methyl/N-ethyl adjacent to an activating group) is 1. The van der Waals surface area contributed by atoms with Crippen molar-refractivity contribution in [2.45, 2.75) is 33.2 Å². The first-order chi connectivity index (χ1) is 9.93. The fourth-order valence-corrected chi connectivity index (χ4v) is 3.57. The van der Waals surface area contributed by atoms with E-state index in [-0.39, 0.29) is 11.8 Å². The monoisotopic (exact) mass is 332 g/mol. The minimum Gasteiger partial charge on any atom is -0.296 e. The van der Waals surface area contributed by atoms with Crippen molar-refractivity contribution in [2.24, 2.45) is 0 Å². The number of sulfonamides is 1. The predicted molar refractivity (Wildman–Crippen MR) is 89.2 cm³/mol. The highest BCUT2D eigenvalue weighted by Gasteiger charge is 2.20. The van der Waals surface area contributed by atoms with Crippen molar-refractivity contribution >= 4 is 21.6 Å². The molecule has 0 spiro atoms. The molecule has 1 aromatic rings. The zero-order valence-electron chi connectivity index (χ0n) is 13.0. The third-order valence-electron chi connectivity index (χ3n) is 3.48. The molecular formula is C15H25ClN2O2S. The maximum Gasteiger partial charge on any atom is 0.211 e. The van der Waals surface area contributed by atoms with Crippen molar-refractivity contribution in [2.75, 3.05) is 25.4 Å². The van der Waals surface area contributed by atoms with Gasteiger partial charge in [0.05, 0.1) is 5.75 Å². The Kier molecular flexibility index (Phi) is 7.66. The van der Waals surface area contributed by atoms with E-state index in [1.807, 2.05) is 31.2 Å². The predicted octanol–water partition coefficient (Wildman–Crippen LogP) is 3.05. The Balaban J connectivity index is 2.90. The molecule has 6 heteroatoms. The van der Waals surface area contributed by atoms with Gasteiger partial charge in [0.25, 0.3) is 0 Å². The number of benzene rings is 1. The van der Waals surface area contributed by atoms with E-state index >= 15 is 0 Å². The molecule has 0 fully saturated rings. The van der Waals surface area contributed by atoms with Crippen molar-refractivity contribution in [3.05, 3.63) is 34.9 Å². The third kappa shape index (κ3) is 5.94. The second kappa shape index (κ2) is 8.73. The second-order valence-corrected chi connectivity index (χ2v) is 7.32. The Hall–Kier alpha value is -0.620. The Morgan fingerprint density at radius 3 is 2.19 bits per heavy atom. The summed E-state index contributed by atoms with van der Waals surface area (Å²) in [5.74, 6) is 0.165. The summed E-state index contributed by atoms with van der Waals surface area (Å²) in [5.41, 5.74) is 1.07. The van der Waals surface area contributed by atoms with E-state index in [1.165, 1.54) is 0 Å². The highest BCUT2D eigenvalue weighted by Crippen LogP contribution is 2.22. The molecule has 0 radical (unpaired) electrons. The molecule has 0 saturated heterocycles. The zero-order chi connectivity index (χ0) is 15.9. The van der Waals surface area contributed by atoms with Crippen molar-refractivity contribution < 1.29 is 8.42 Å². The largest absolute Gasteiger partial charge is 0.296 e.